The maximum atomic E-state index is 12.3. The average Bonchev–Trinajstić information content (AvgIpc) is 2.60. The number of carbonyl (C=O) groups is 1. The first kappa shape index (κ1) is 17.0. The second kappa shape index (κ2) is 7.83. The number of aromatic nitrogens is 2. The van der Waals surface area contributed by atoms with Gasteiger partial charge >= 0.3 is 0 Å². The van der Waals surface area contributed by atoms with Crippen LogP contribution in [-0.2, 0) is 10.5 Å². The van der Waals surface area contributed by atoms with E-state index in [1.807, 2.05) is 31.2 Å². The maximum Gasteiger partial charge on any atom is 0.233 e. The van der Waals surface area contributed by atoms with Crippen molar-refractivity contribution in [2.75, 3.05) is 5.73 Å². The van der Waals surface area contributed by atoms with E-state index in [1.165, 1.54) is 19.3 Å². The van der Waals surface area contributed by atoms with E-state index in [-0.39, 0.29) is 11.2 Å². The van der Waals surface area contributed by atoms with E-state index in [4.69, 9.17) is 5.73 Å². The number of nitrogens with two attached hydrogens (primary N) is 1. The average molecular weight is 344 g/mol. The van der Waals surface area contributed by atoms with E-state index in [9.17, 15) is 4.79 Å². The fourth-order valence-electron chi connectivity index (χ4n) is 3.06. The van der Waals surface area contributed by atoms with Gasteiger partial charge in [-0.05, 0) is 31.9 Å². The zero-order valence-electron chi connectivity index (χ0n) is 14.0. The summed E-state index contributed by atoms with van der Waals surface area (Å²) in [5.41, 5.74) is 6.85. The van der Waals surface area contributed by atoms with Crippen molar-refractivity contribution < 1.29 is 4.79 Å². The molecule has 1 aliphatic carbocycles. The summed E-state index contributed by atoms with van der Waals surface area (Å²) in [7, 11) is 0. The van der Waals surface area contributed by atoms with Crippen LogP contribution in [0.1, 0.15) is 44.9 Å². The van der Waals surface area contributed by atoms with Crippen molar-refractivity contribution in [2.24, 2.45) is 0 Å². The van der Waals surface area contributed by atoms with Gasteiger partial charge in [0.1, 0.15) is 11.6 Å². The lowest BCUT2D eigenvalue weighted by molar-refractivity contribution is -0.121. The zero-order valence-corrected chi connectivity index (χ0v) is 14.8. The highest BCUT2D eigenvalue weighted by Gasteiger charge is 2.20. The van der Waals surface area contributed by atoms with Crippen molar-refractivity contribution in [3.63, 3.8) is 0 Å². The second-order valence-corrected chi connectivity index (χ2v) is 7.67. The maximum absolute atomic E-state index is 12.3. The molecule has 1 amide bonds. The minimum Gasteiger partial charge on any atom is -0.383 e. The van der Waals surface area contributed by atoms with Crippen molar-refractivity contribution in [1.29, 1.82) is 0 Å². The largest absolute Gasteiger partial charge is 0.383 e. The number of thioether (sulfide) groups is 1. The van der Waals surface area contributed by atoms with Gasteiger partial charge in [0.05, 0.1) is 16.5 Å². The first-order valence-corrected chi connectivity index (χ1v) is 9.61. The first-order chi connectivity index (χ1) is 11.6. The number of nitrogens with one attached hydrogen (secondary N) is 1. The zero-order chi connectivity index (χ0) is 16.9. The Labute approximate surface area is 146 Å². The van der Waals surface area contributed by atoms with Gasteiger partial charge in [-0.2, -0.15) is 0 Å². The molecule has 1 aromatic heterocycles. The number of fused-ring (bicyclic) bond motifs is 1. The minimum absolute atomic E-state index is 0.112. The van der Waals surface area contributed by atoms with E-state index in [0.29, 0.717) is 23.4 Å². The number of hydrogen-bond acceptors (Lipinski definition) is 5. The number of nitrogens with zero attached hydrogens (tertiary/aromatic N) is 2. The molecule has 2 aromatic rings. The summed E-state index contributed by atoms with van der Waals surface area (Å²) in [6, 6.07) is 8.06. The van der Waals surface area contributed by atoms with Gasteiger partial charge in [-0.3, -0.25) is 4.79 Å². The molecular formula is C18H24N4OS. The molecule has 0 spiro atoms. The third kappa shape index (κ3) is 4.17. The molecule has 0 saturated heterocycles. The Hall–Kier alpha value is -1.82. The predicted molar refractivity (Wildman–Crippen MR) is 99.7 cm³/mol. The van der Waals surface area contributed by atoms with Gasteiger partial charge in [-0.25, -0.2) is 9.97 Å². The van der Waals surface area contributed by atoms with Crippen molar-refractivity contribution in [1.82, 2.24) is 15.3 Å². The summed E-state index contributed by atoms with van der Waals surface area (Å²) in [5, 5.41) is 3.92. The number of hydrogen-bond donors (Lipinski definition) is 2. The molecule has 6 heteroatoms. The van der Waals surface area contributed by atoms with E-state index in [1.54, 1.807) is 11.8 Å². The minimum atomic E-state index is -0.122. The van der Waals surface area contributed by atoms with Gasteiger partial charge in [0.15, 0.2) is 0 Å². The van der Waals surface area contributed by atoms with E-state index < -0.39 is 0 Å². The smallest absolute Gasteiger partial charge is 0.233 e. The van der Waals surface area contributed by atoms with Crippen LogP contribution < -0.4 is 11.1 Å². The molecule has 1 aliphatic rings. The number of anilines is 1. The first-order valence-electron chi connectivity index (χ1n) is 8.56. The third-order valence-corrected chi connectivity index (χ3v) is 5.60. The van der Waals surface area contributed by atoms with Gasteiger partial charge < -0.3 is 11.1 Å². The molecule has 1 unspecified atom stereocenters. The van der Waals surface area contributed by atoms with E-state index >= 15 is 0 Å². The molecule has 1 fully saturated rings. The Morgan fingerprint density at radius 2 is 2.04 bits per heavy atom. The van der Waals surface area contributed by atoms with Crippen LogP contribution in [0, 0.1) is 0 Å². The van der Waals surface area contributed by atoms with Crippen LogP contribution in [0.15, 0.2) is 24.3 Å². The quantitative estimate of drug-likeness (QED) is 0.870. The molecular weight excluding hydrogens is 320 g/mol. The number of benzene rings is 1. The van der Waals surface area contributed by atoms with Crippen molar-refractivity contribution in [3.8, 4) is 0 Å². The highest BCUT2D eigenvalue weighted by molar-refractivity contribution is 7.99. The Balaban J connectivity index is 1.57. The molecule has 3 N–H and O–H groups in total. The molecule has 5 nitrogen and oxygen atoms in total. The lowest BCUT2D eigenvalue weighted by Crippen LogP contribution is -2.40. The van der Waals surface area contributed by atoms with Gasteiger partial charge in [-0.1, -0.05) is 31.4 Å². The van der Waals surface area contributed by atoms with Crippen LogP contribution in [0.4, 0.5) is 5.82 Å². The molecule has 3 rings (SSSR count). The molecule has 1 aromatic carbocycles. The lowest BCUT2D eigenvalue weighted by atomic mass is 9.95. The van der Waals surface area contributed by atoms with Gasteiger partial charge in [-0.15, -0.1) is 11.8 Å². The molecule has 1 atom stereocenters. The normalized spacial score (nSPS) is 16.9. The number of amides is 1. The molecule has 24 heavy (non-hydrogen) atoms. The van der Waals surface area contributed by atoms with E-state index in [0.717, 1.165) is 23.7 Å². The van der Waals surface area contributed by atoms with Crippen LogP contribution in [0.25, 0.3) is 10.9 Å². The van der Waals surface area contributed by atoms with Crippen molar-refractivity contribution in [2.45, 2.75) is 56.1 Å². The standard InChI is InChI=1S/C18H24N4OS/c1-12(18(23)20-13-7-3-2-4-8-13)24-11-16-21-15-10-6-5-9-14(15)17(19)22-16/h5-6,9-10,12-13H,2-4,7-8,11H2,1H3,(H,20,23)(H2,19,21,22). The molecule has 1 saturated carbocycles. The van der Waals surface area contributed by atoms with Crippen LogP contribution in [0.3, 0.4) is 0 Å². The van der Waals surface area contributed by atoms with Crippen LogP contribution in [0.2, 0.25) is 0 Å². The Bertz CT molecular complexity index is 715. The second-order valence-electron chi connectivity index (χ2n) is 6.34. The monoisotopic (exact) mass is 344 g/mol. The number of rotatable bonds is 5. The van der Waals surface area contributed by atoms with Crippen LogP contribution >= 0.6 is 11.8 Å². The molecule has 1 heterocycles. The summed E-state index contributed by atoms with van der Waals surface area (Å²) < 4.78 is 0. The predicted octanol–water partition coefficient (Wildman–Crippen LogP) is 3.28. The Morgan fingerprint density at radius 3 is 2.83 bits per heavy atom. The summed E-state index contributed by atoms with van der Waals surface area (Å²) in [6.07, 6.45) is 5.94. The van der Waals surface area contributed by atoms with Crippen LogP contribution in [0.5, 0.6) is 0 Å². The molecule has 0 aliphatic heterocycles. The van der Waals surface area contributed by atoms with Crippen LogP contribution in [-0.4, -0.2) is 27.2 Å². The summed E-state index contributed by atoms with van der Waals surface area (Å²) in [4.78, 5) is 21.2. The third-order valence-electron chi connectivity index (χ3n) is 4.46. The fourth-order valence-corrected chi connectivity index (χ4v) is 3.80. The van der Waals surface area contributed by atoms with Crippen molar-refractivity contribution in [3.05, 3.63) is 30.1 Å². The van der Waals surface area contributed by atoms with Gasteiger partial charge in [0, 0.05) is 11.4 Å². The molecule has 0 radical (unpaired) electrons. The number of carbonyl (C=O) groups excluding carboxylic acids is 1. The van der Waals surface area contributed by atoms with E-state index in [2.05, 4.69) is 15.3 Å². The number of nitrogen functional groups attached to an aromatic ring is 1. The summed E-state index contributed by atoms with van der Waals surface area (Å²) in [5.74, 6) is 1.86. The topological polar surface area (TPSA) is 80.9 Å². The van der Waals surface area contributed by atoms with Gasteiger partial charge in [0.2, 0.25) is 5.91 Å². The fraction of sp³-hybridized carbons (Fsp3) is 0.500. The highest BCUT2D eigenvalue weighted by atomic mass is 32.2. The molecule has 0 bridgehead atoms. The Kier molecular flexibility index (Phi) is 5.56. The van der Waals surface area contributed by atoms with Gasteiger partial charge in [0.25, 0.3) is 0 Å². The summed E-state index contributed by atoms with van der Waals surface area (Å²) in [6.45, 7) is 1.94. The molecule has 128 valence electrons. The SMILES string of the molecule is CC(SCc1nc(N)c2ccccc2n1)C(=O)NC1CCCCC1. The van der Waals surface area contributed by atoms with Crippen molar-refractivity contribution >= 4 is 34.4 Å². The Morgan fingerprint density at radius 1 is 1.29 bits per heavy atom. The highest BCUT2D eigenvalue weighted by Crippen LogP contribution is 2.22. The number of para-hydroxylation sites is 1. The summed E-state index contributed by atoms with van der Waals surface area (Å²) >= 11 is 1.55. The lowest BCUT2D eigenvalue weighted by Gasteiger charge is -2.24.